The average molecular weight is 128 g/mol. The Kier molecular flexibility index (Phi) is 2.18. The SMILES string of the molecule is COP(O)(O)=S. The summed E-state index contributed by atoms with van der Waals surface area (Å²) in [5, 5.41) is 0. The van der Waals surface area contributed by atoms with Crippen LogP contribution in [0.4, 0.5) is 0 Å². The third kappa shape index (κ3) is 4.53. The molecule has 2 N–H and O–H groups in total. The first-order valence-corrected chi connectivity index (χ1v) is 3.80. The molecule has 0 rings (SSSR count). The van der Waals surface area contributed by atoms with E-state index in [0.717, 1.165) is 7.11 Å². The van der Waals surface area contributed by atoms with Gasteiger partial charge < -0.3 is 14.3 Å². The molecule has 0 saturated heterocycles. The van der Waals surface area contributed by atoms with Gasteiger partial charge >= 0.3 is 6.72 Å². The van der Waals surface area contributed by atoms with Gasteiger partial charge in [0.1, 0.15) is 0 Å². The summed E-state index contributed by atoms with van der Waals surface area (Å²) in [6.45, 7) is -3.31. The fraction of sp³-hybridized carbons (Fsp3) is 1.00. The van der Waals surface area contributed by atoms with Crippen molar-refractivity contribution in [2.45, 2.75) is 0 Å². The van der Waals surface area contributed by atoms with Gasteiger partial charge in [-0.15, -0.1) is 0 Å². The van der Waals surface area contributed by atoms with E-state index in [9.17, 15) is 0 Å². The first kappa shape index (κ1) is 6.53. The van der Waals surface area contributed by atoms with Crippen LogP contribution in [0.1, 0.15) is 0 Å². The maximum absolute atomic E-state index is 8.09. The molecule has 0 aliphatic rings. The van der Waals surface area contributed by atoms with Crippen LogP contribution >= 0.6 is 6.72 Å². The molecule has 0 aromatic carbocycles. The molecule has 0 spiro atoms. The monoisotopic (exact) mass is 128 g/mol. The molecule has 0 atom stereocenters. The second kappa shape index (κ2) is 2.00. The molecule has 0 aliphatic carbocycles. The normalized spacial score (nSPS) is 11.8. The summed E-state index contributed by atoms with van der Waals surface area (Å²) >= 11 is 3.99. The molecule has 6 heavy (non-hydrogen) atoms. The minimum absolute atomic E-state index is 1.15. The molecule has 38 valence electrons. The molecule has 0 heterocycles. The lowest BCUT2D eigenvalue weighted by Gasteiger charge is -1.98. The number of rotatable bonds is 1. The van der Waals surface area contributed by atoms with Crippen LogP contribution in [-0.2, 0) is 16.3 Å². The molecular formula is CH5O3PS. The molecule has 0 fully saturated rings. The zero-order valence-corrected chi connectivity index (χ0v) is 4.87. The van der Waals surface area contributed by atoms with Crippen LogP contribution in [-0.4, -0.2) is 16.9 Å². The molecule has 0 saturated carbocycles. The van der Waals surface area contributed by atoms with E-state index in [1.165, 1.54) is 0 Å². The van der Waals surface area contributed by atoms with Crippen molar-refractivity contribution in [3.8, 4) is 0 Å². The van der Waals surface area contributed by atoms with Gasteiger partial charge in [-0.25, -0.2) is 0 Å². The Bertz CT molecular complexity index is 74.9. The first-order valence-electron chi connectivity index (χ1n) is 1.17. The molecule has 0 aromatic heterocycles. The van der Waals surface area contributed by atoms with Crippen LogP contribution in [0.15, 0.2) is 0 Å². The summed E-state index contributed by atoms with van der Waals surface area (Å²) in [5.41, 5.74) is 0. The van der Waals surface area contributed by atoms with Gasteiger partial charge in [0.15, 0.2) is 0 Å². The standard InChI is InChI=1S/CH5O3PS/c1-4-5(2,3)6/h1H3,(H2,2,3,6). The van der Waals surface area contributed by atoms with Crippen LogP contribution < -0.4 is 0 Å². The van der Waals surface area contributed by atoms with Crippen LogP contribution in [0.2, 0.25) is 0 Å². The highest BCUT2D eigenvalue weighted by atomic mass is 32.5. The fourth-order valence-electron chi connectivity index (χ4n) is 0. The quantitative estimate of drug-likeness (QED) is 0.482. The Labute approximate surface area is 40.8 Å². The lowest BCUT2D eigenvalue weighted by molar-refractivity contribution is 0.306. The van der Waals surface area contributed by atoms with Gasteiger partial charge in [-0.3, -0.25) is 0 Å². The molecule has 3 nitrogen and oxygen atoms in total. The van der Waals surface area contributed by atoms with Gasteiger partial charge in [0.05, 0.1) is 0 Å². The zero-order valence-electron chi connectivity index (χ0n) is 3.16. The van der Waals surface area contributed by atoms with Crippen molar-refractivity contribution in [2.75, 3.05) is 7.11 Å². The van der Waals surface area contributed by atoms with Gasteiger partial charge in [0.2, 0.25) is 0 Å². The van der Waals surface area contributed by atoms with E-state index in [-0.39, 0.29) is 0 Å². The molecule has 0 aromatic rings. The van der Waals surface area contributed by atoms with E-state index in [1.807, 2.05) is 0 Å². The second-order valence-electron chi connectivity index (χ2n) is 0.673. The topological polar surface area (TPSA) is 49.7 Å². The van der Waals surface area contributed by atoms with Crippen molar-refractivity contribution in [3.05, 3.63) is 0 Å². The van der Waals surface area contributed by atoms with Gasteiger partial charge in [0, 0.05) is 7.11 Å². The largest absolute Gasteiger partial charge is 0.325 e. The highest BCUT2D eigenvalue weighted by Crippen LogP contribution is 2.34. The lowest BCUT2D eigenvalue weighted by atomic mass is 11.8. The van der Waals surface area contributed by atoms with E-state index < -0.39 is 6.72 Å². The Morgan fingerprint density at radius 1 is 1.67 bits per heavy atom. The predicted molar refractivity (Wildman–Crippen MR) is 25.7 cm³/mol. The highest BCUT2D eigenvalue weighted by Gasteiger charge is 1.99. The summed E-state index contributed by atoms with van der Waals surface area (Å²) in [6, 6.07) is 0. The maximum Gasteiger partial charge on any atom is 0.321 e. The highest BCUT2D eigenvalue weighted by molar-refractivity contribution is 8.06. The van der Waals surface area contributed by atoms with E-state index in [4.69, 9.17) is 9.79 Å². The Morgan fingerprint density at radius 3 is 1.83 bits per heavy atom. The van der Waals surface area contributed by atoms with E-state index in [0.29, 0.717) is 0 Å². The Hall–Kier alpha value is 0.530. The minimum Gasteiger partial charge on any atom is -0.325 e. The first-order chi connectivity index (χ1) is 2.56. The molecule has 0 amide bonds. The molecule has 0 radical (unpaired) electrons. The predicted octanol–water partition coefficient (Wildman–Crippen LogP) is -0.158. The average Bonchev–Trinajstić information content (AvgIpc) is 1.35. The fourth-order valence-corrected chi connectivity index (χ4v) is 0. The summed E-state index contributed by atoms with van der Waals surface area (Å²) in [5.74, 6) is 0. The molecular weight excluding hydrogens is 123 g/mol. The summed E-state index contributed by atoms with van der Waals surface area (Å²) in [6.07, 6.45) is 0. The minimum atomic E-state index is -3.31. The van der Waals surface area contributed by atoms with Crippen LogP contribution in [0, 0.1) is 0 Å². The van der Waals surface area contributed by atoms with Gasteiger partial charge in [-0.1, -0.05) is 0 Å². The molecule has 0 unspecified atom stereocenters. The summed E-state index contributed by atoms with van der Waals surface area (Å²) in [4.78, 5) is 16.2. The zero-order chi connectivity index (χ0) is 5.21. The van der Waals surface area contributed by atoms with Crippen molar-refractivity contribution in [2.24, 2.45) is 0 Å². The number of hydrogen-bond donors (Lipinski definition) is 2. The third-order valence-corrected chi connectivity index (χ3v) is 1.16. The van der Waals surface area contributed by atoms with Gasteiger partial charge in [-0.05, 0) is 11.8 Å². The van der Waals surface area contributed by atoms with Crippen molar-refractivity contribution < 1.29 is 14.3 Å². The van der Waals surface area contributed by atoms with Crippen LogP contribution in [0.25, 0.3) is 0 Å². The third-order valence-electron chi connectivity index (χ3n) is 0.238. The molecule has 0 bridgehead atoms. The summed E-state index contributed by atoms with van der Waals surface area (Å²) < 4.78 is 3.97. The van der Waals surface area contributed by atoms with E-state index >= 15 is 0 Å². The van der Waals surface area contributed by atoms with Gasteiger partial charge in [0.25, 0.3) is 0 Å². The molecule has 0 aliphatic heterocycles. The Balaban J connectivity index is 3.48. The van der Waals surface area contributed by atoms with Crippen LogP contribution in [0.3, 0.4) is 0 Å². The second-order valence-corrected chi connectivity index (χ2v) is 3.45. The van der Waals surface area contributed by atoms with Crippen molar-refractivity contribution in [1.29, 1.82) is 0 Å². The van der Waals surface area contributed by atoms with Crippen LogP contribution in [0.5, 0.6) is 0 Å². The summed E-state index contributed by atoms with van der Waals surface area (Å²) in [7, 11) is 1.15. The number of hydrogen-bond acceptors (Lipinski definition) is 2. The van der Waals surface area contributed by atoms with Crippen molar-refractivity contribution in [3.63, 3.8) is 0 Å². The smallest absolute Gasteiger partial charge is 0.321 e. The Morgan fingerprint density at radius 2 is 1.83 bits per heavy atom. The van der Waals surface area contributed by atoms with E-state index in [2.05, 4.69) is 16.3 Å². The lowest BCUT2D eigenvalue weighted by Crippen LogP contribution is -1.75. The maximum atomic E-state index is 8.09. The van der Waals surface area contributed by atoms with Crippen molar-refractivity contribution in [1.82, 2.24) is 0 Å². The molecule has 5 heteroatoms. The van der Waals surface area contributed by atoms with E-state index in [1.54, 1.807) is 0 Å². The van der Waals surface area contributed by atoms with Gasteiger partial charge in [-0.2, -0.15) is 0 Å². The van der Waals surface area contributed by atoms with Crippen molar-refractivity contribution >= 4 is 18.5 Å².